The monoisotopic (exact) mass is 560 g/mol. The van der Waals surface area contributed by atoms with Gasteiger partial charge in [-0.3, -0.25) is 4.79 Å². The molecule has 1 saturated heterocycles. The second-order valence-electron chi connectivity index (χ2n) is 9.35. The molecule has 2 heterocycles. The van der Waals surface area contributed by atoms with E-state index in [-0.39, 0.29) is 11.8 Å². The zero-order chi connectivity index (χ0) is 27.1. The highest BCUT2D eigenvalue weighted by Gasteiger charge is 2.30. The van der Waals surface area contributed by atoms with Gasteiger partial charge >= 0.3 is 6.18 Å². The average Bonchev–Trinajstić information content (AvgIpc) is 3.42. The molecule has 0 unspecified atom stereocenters. The Hall–Kier alpha value is -2.98. The number of thiazole rings is 1. The third-order valence-electron chi connectivity index (χ3n) is 6.62. The molecule has 1 fully saturated rings. The summed E-state index contributed by atoms with van der Waals surface area (Å²) >= 11 is 7.01. The maximum absolute atomic E-state index is 13.2. The highest BCUT2D eigenvalue weighted by molar-refractivity contribution is 7.80. The van der Waals surface area contributed by atoms with Gasteiger partial charge in [-0.2, -0.15) is 13.2 Å². The molecule has 4 rings (SSSR count). The van der Waals surface area contributed by atoms with Crippen LogP contribution in [0.2, 0.25) is 0 Å². The van der Waals surface area contributed by atoms with Crippen LogP contribution in [0, 0.1) is 0 Å². The van der Waals surface area contributed by atoms with E-state index in [1.807, 2.05) is 0 Å². The van der Waals surface area contributed by atoms with Crippen LogP contribution >= 0.6 is 23.6 Å². The minimum absolute atomic E-state index is 0.262. The number of aromatic nitrogens is 1. The number of halogens is 3. The van der Waals surface area contributed by atoms with Crippen LogP contribution in [0.3, 0.4) is 0 Å². The van der Waals surface area contributed by atoms with E-state index in [0.29, 0.717) is 22.5 Å². The van der Waals surface area contributed by atoms with Crippen molar-refractivity contribution in [1.82, 2.24) is 15.2 Å². The zero-order valence-corrected chi connectivity index (χ0v) is 22.8. The van der Waals surface area contributed by atoms with Crippen LogP contribution in [0.1, 0.15) is 66.0 Å². The largest absolute Gasteiger partial charge is 0.416 e. The van der Waals surface area contributed by atoms with E-state index >= 15 is 0 Å². The van der Waals surface area contributed by atoms with Crippen molar-refractivity contribution in [2.24, 2.45) is 0 Å². The summed E-state index contributed by atoms with van der Waals surface area (Å²) in [6.07, 6.45) is 0.844. The van der Waals surface area contributed by atoms with E-state index in [9.17, 15) is 18.0 Å². The van der Waals surface area contributed by atoms with Crippen LogP contribution in [0.5, 0.6) is 0 Å². The summed E-state index contributed by atoms with van der Waals surface area (Å²) in [5.74, 6) is -0.125. The average molecular weight is 561 g/mol. The van der Waals surface area contributed by atoms with Crippen LogP contribution in [-0.4, -0.2) is 40.5 Å². The van der Waals surface area contributed by atoms with Gasteiger partial charge in [-0.25, -0.2) is 4.98 Å². The Bertz CT molecular complexity index is 1250. The summed E-state index contributed by atoms with van der Waals surface area (Å²) in [5, 5.41) is 9.65. The van der Waals surface area contributed by atoms with Gasteiger partial charge < -0.3 is 15.5 Å². The third kappa shape index (κ3) is 7.11. The van der Waals surface area contributed by atoms with Crippen molar-refractivity contribution < 1.29 is 18.0 Å². The summed E-state index contributed by atoms with van der Waals surface area (Å²) in [6, 6.07) is 11.9. The minimum Gasteiger partial charge on any atom is -0.363 e. The molecule has 2 aromatic carbocycles. The molecule has 0 aliphatic carbocycles. The molecular weight excluding hydrogens is 529 g/mol. The van der Waals surface area contributed by atoms with Crippen molar-refractivity contribution in [3.63, 3.8) is 0 Å². The van der Waals surface area contributed by atoms with Gasteiger partial charge in [0.05, 0.1) is 10.6 Å². The van der Waals surface area contributed by atoms with Gasteiger partial charge in [-0.05, 0) is 55.2 Å². The minimum atomic E-state index is -4.45. The predicted molar refractivity (Wildman–Crippen MR) is 151 cm³/mol. The topological polar surface area (TPSA) is 57.3 Å². The lowest BCUT2D eigenvalue weighted by atomic mass is 9.98. The highest BCUT2D eigenvalue weighted by Crippen LogP contribution is 2.35. The molecule has 3 aromatic rings. The molecule has 0 radical (unpaired) electrons. The predicted octanol–water partition coefficient (Wildman–Crippen LogP) is 7.33. The number of nitrogens with zero attached hydrogens (tertiary/aromatic N) is 2. The molecule has 5 nitrogen and oxygen atoms in total. The molecule has 0 spiro atoms. The Labute approximate surface area is 230 Å². The van der Waals surface area contributed by atoms with Gasteiger partial charge in [-0.1, -0.05) is 50.1 Å². The fourth-order valence-electron chi connectivity index (χ4n) is 4.48. The summed E-state index contributed by atoms with van der Waals surface area (Å²) in [4.78, 5) is 19.8. The van der Waals surface area contributed by atoms with E-state index in [0.717, 1.165) is 61.1 Å². The number of amides is 1. The molecule has 1 aliphatic rings. The first-order valence-electron chi connectivity index (χ1n) is 12.8. The molecule has 38 heavy (non-hydrogen) atoms. The Morgan fingerprint density at radius 1 is 1.13 bits per heavy atom. The normalized spacial score (nSPS) is 14.4. The highest BCUT2D eigenvalue weighted by atomic mass is 32.1. The number of para-hydroxylation sites is 1. The van der Waals surface area contributed by atoms with E-state index < -0.39 is 11.7 Å². The number of rotatable bonds is 8. The Kier molecular flexibility index (Phi) is 9.38. The number of hydrogen-bond donors (Lipinski definition) is 2. The Morgan fingerprint density at radius 2 is 1.89 bits per heavy atom. The molecule has 10 heteroatoms. The first-order valence-corrected chi connectivity index (χ1v) is 14.1. The lowest BCUT2D eigenvalue weighted by Crippen LogP contribution is -2.44. The molecule has 2 N–H and O–H groups in total. The first kappa shape index (κ1) is 28.0. The number of benzene rings is 2. The fourth-order valence-corrected chi connectivity index (χ4v) is 5.74. The van der Waals surface area contributed by atoms with E-state index in [2.05, 4.69) is 27.4 Å². The number of thiocarbonyl (C=S) groups is 1. The maximum atomic E-state index is 13.2. The van der Waals surface area contributed by atoms with Crippen molar-refractivity contribution in [1.29, 1.82) is 0 Å². The first-order chi connectivity index (χ1) is 18.3. The van der Waals surface area contributed by atoms with Crippen molar-refractivity contribution in [2.45, 2.75) is 51.1 Å². The third-order valence-corrected chi connectivity index (χ3v) is 8.03. The molecule has 0 atom stereocenters. The number of anilines is 1. The van der Waals surface area contributed by atoms with E-state index in [1.54, 1.807) is 35.7 Å². The number of carbonyl (C=O) groups is 1. The standard InChI is InChI=1S/C28H31F3N4OS2/c1-2-3-6-14-32-27(37)35-15-12-19(13-16-35)26-34-24(18-38-26)25(36)33-23-11-5-4-10-22(23)20-8-7-9-21(17-20)28(29,30)31/h4-5,7-11,17-19H,2-3,6,12-16H2,1H3,(H,32,37)(H,33,36). The molecule has 1 aliphatic heterocycles. The van der Waals surface area contributed by atoms with Crippen LogP contribution in [0.4, 0.5) is 18.9 Å². The number of nitrogens with one attached hydrogen (secondary N) is 2. The van der Waals surface area contributed by atoms with Crippen molar-refractivity contribution >= 4 is 40.3 Å². The van der Waals surface area contributed by atoms with Crippen molar-refractivity contribution in [3.05, 3.63) is 70.2 Å². The van der Waals surface area contributed by atoms with Gasteiger partial charge in [0.15, 0.2) is 5.11 Å². The molecule has 1 aromatic heterocycles. The van der Waals surface area contributed by atoms with Gasteiger partial charge in [0.2, 0.25) is 0 Å². The maximum Gasteiger partial charge on any atom is 0.416 e. The quantitative estimate of drug-likeness (QED) is 0.223. The van der Waals surface area contributed by atoms with Gasteiger partial charge in [0, 0.05) is 42.2 Å². The molecule has 0 bridgehead atoms. The number of likely N-dealkylation sites (tertiary alicyclic amines) is 1. The smallest absolute Gasteiger partial charge is 0.363 e. The fraction of sp³-hybridized carbons (Fsp3) is 0.393. The summed E-state index contributed by atoms with van der Waals surface area (Å²) < 4.78 is 39.7. The summed E-state index contributed by atoms with van der Waals surface area (Å²) in [6.45, 7) is 4.76. The number of unbranched alkanes of at least 4 members (excludes halogenated alkanes) is 2. The van der Waals surface area contributed by atoms with Gasteiger partial charge in [-0.15, -0.1) is 11.3 Å². The lowest BCUT2D eigenvalue weighted by molar-refractivity contribution is -0.137. The molecular formula is C28H31F3N4OS2. The van der Waals surface area contributed by atoms with Crippen molar-refractivity contribution in [2.75, 3.05) is 25.0 Å². The zero-order valence-electron chi connectivity index (χ0n) is 21.2. The van der Waals surface area contributed by atoms with E-state index in [1.165, 1.54) is 30.2 Å². The second kappa shape index (κ2) is 12.7. The molecule has 1 amide bonds. The summed E-state index contributed by atoms with van der Waals surface area (Å²) in [7, 11) is 0. The van der Waals surface area contributed by atoms with Crippen molar-refractivity contribution in [3.8, 4) is 11.1 Å². The van der Waals surface area contributed by atoms with Gasteiger partial charge in [0.25, 0.3) is 5.91 Å². The summed E-state index contributed by atoms with van der Waals surface area (Å²) in [5.41, 5.74) is 0.881. The SMILES string of the molecule is CCCCCNC(=S)N1CCC(c2nc(C(=O)Nc3ccccc3-c3cccc(C(F)(F)F)c3)cs2)CC1. The van der Waals surface area contributed by atoms with Crippen LogP contribution in [-0.2, 0) is 6.18 Å². The number of carbonyl (C=O) groups excluding carboxylic acids is 1. The lowest BCUT2D eigenvalue weighted by Gasteiger charge is -2.33. The number of hydrogen-bond acceptors (Lipinski definition) is 4. The van der Waals surface area contributed by atoms with Crippen LogP contribution in [0.15, 0.2) is 53.9 Å². The van der Waals surface area contributed by atoms with Gasteiger partial charge in [0.1, 0.15) is 5.69 Å². The number of piperidine rings is 1. The van der Waals surface area contributed by atoms with Crippen LogP contribution in [0.25, 0.3) is 11.1 Å². The molecule has 0 saturated carbocycles. The second-order valence-corrected chi connectivity index (χ2v) is 10.6. The Morgan fingerprint density at radius 3 is 2.63 bits per heavy atom. The Balaban J connectivity index is 1.38. The molecule has 202 valence electrons. The van der Waals surface area contributed by atoms with Crippen LogP contribution < -0.4 is 10.6 Å². The number of alkyl halides is 3. The van der Waals surface area contributed by atoms with E-state index in [4.69, 9.17) is 12.2 Å².